The fourth-order valence-electron chi connectivity index (χ4n) is 2.30. The number of nitrogens with zero attached hydrogens (tertiary/aromatic N) is 2. The molecule has 20 heavy (non-hydrogen) atoms. The van der Waals surface area contributed by atoms with Gasteiger partial charge in [-0.1, -0.05) is 22.9 Å². The highest BCUT2D eigenvalue weighted by Crippen LogP contribution is 2.28. The lowest BCUT2D eigenvalue weighted by atomic mass is 10.3. The van der Waals surface area contributed by atoms with E-state index in [0.717, 1.165) is 66.2 Å². The van der Waals surface area contributed by atoms with E-state index in [1.54, 1.807) is 11.3 Å². The second kappa shape index (κ2) is 6.72. The summed E-state index contributed by atoms with van der Waals surface area (Å²) in [7, 11) is 0. The number of fused-ring (bicyclic) bond motifs is 1. The van der Waals surface area contributed by atoms with Crippen molar-refractivity contribution in [3.8, 4) is 0 Å². The van der Waals surface area contributed by atoms with Gasteiger partial charge < -0.3 is 10.1 Å². The van der Waals surface area contributed by atoms with E-state index in [4.69, 9.17) is 16.3 Å². The van der Waals surface area contributed by atoms with Crippen molar-refractivity contribution in [3.05, 3.63) is 23.2 Å². The van der Waals surface area contributed by atoms with Crippen LogP contribution in [0.2, 0.25) is 5.02 Å². The second-order valence-electron chi connectivity index (χ2n) is 4.87. The molecule has 2 aromatic rings. The molecule has 0 unspecified atom stereocenters. The van der Waals surface area contributed by atoms with Crippen molar-refractivity contribution in [1.82, 2.24) is 9.88 Å². The fraction of sp³-hybridized carbons (Fsp3) is 0.500. The molecule has 0 spiro atoms. The number of aromatic nitrogens is 1. The van der Waals surface area contributed by atoms with Crippen LogP contribution in [0, 0.1) is 0 Å². The van der Waals surface area contributed by atoms with Gasteiger partial charge in [0.05, 0.1) is 23.4 Å². The number of hydrogen-bond donors (Lipinski definition) is 1. The van der Waals surface area contributed by atoms with Crippen molar-refractivity contribution in [1.29, 1.82) is 0 Å². The molecular formula is C14H18ClN3OS. The van der Waals surface area contributed by atoms with E-state index in [1.807, 2.05) is 18.2 Å². The second-order valence-corrected chi connectivity index (χ2v) is 6.33. The quantitative estimate of drug-likeness (QED) is 0.861. The predicted molar refractivity (Wildman–Crippen MR) is 85.0 cm³/mol. The fourth-order valence-corrected chi connectivity index (χ4v) is 3.46. The van der Waals surface area contributed by atoms with Gasteiger partial charge in [-0.15, -0.1) is 0 Å². The minimum atomic E-state index is 0.764. The molecule has 1 aliphatic rings. The van der Waals surface area contributed by atoms with Crippen molar-refractivity contribution in [2.45, 2.75) is 6.42 Å². The molecule has 6 heteroatoms. The molecule has 3 rings (SSSR count). The van der Waals surface area contributed by atoms with Crippen molar-refractivity contribution in [2.24, 2.45) is 0 Å². The number of anilines is 1. The SMILES string of the molecule is Clc1ccc2nc(NCCCN3CCOCC3)sc2c1. The van der Waals surface area contributed by atoms with Gasteiger partial charge in [-0.25, -0.2) is 4.98 Å². The van der Waals surface area contributed by atoms with Gasteiger partial charge in [-0.3, -0.25) is 4.90 Å². The zero-order valence-corrected chi connectivity index (χ0v) is 12.8. The molecule has 0 radical (unpaired) electrons. The van der Waals surface area contributed by atoms with E-state index in [-0.39, 0.29) is 0 Å². The Morgan fingerprint density at radius 1 is 1.35 bits per heavy atom. The highest BCUT2D eigenvalue weighted by molar-refractivity contribution is 7.22. The van der Waals surface area contributed by atoms with Crippen LogP contribution in [-0.4, -0.2) is 49.3 Å². The monoisotopic (exact) mass is 311 g/mol. The first-order valence-electron chi connectivity index (χ1n) is 6.91. The lowest BCUT2D eigenvalue weighted by Gasteiger charge is -2.26. The summed E-state index contributed by atoms with van der Waals surface area (Å²) in [6.45, 7) is 5.91. The molecule has 1 fully saturated rings. The number of halogens is 1. The Balaban J connectivity index is 1.47. The summed E-state index contributed by atoms with van der Waals surface area (Å²) in [5.74, 6) is 0. The molecule has 0 atom stereocenters. The van der Waals surface area contributed by atoms with E-state index in [1.165, 1.54) is 0 Å². The minimum absolute atomic E-state index is 0.764. The van der Waals surface area contributed by atoms with Gasteiger partial charge in [0.2, 0.25) is 0 Å². The van der Waals surface area contributed by atoms with E-state index < -0.39 is 0 Å². The zero-order chi connectivity index (χ0) is 13.8. The van der Waals surface area contributed by atoms with Gasteiger partial charge >= 0.3 is 0 Å². The van der Waals surface area contributed by atoms with Crippen molar-refractivity contribution in [3.63, 3.8) is 0 Å². The Kier molecular flexibility index (Phi) is 4.73. The summed E-state index contributed by atoms with van der Waals surface area (Å²) in [5.41, 5.74) is 1.01. The molecule has 2 heterocycles. The van der Waals surface area contributed by atoms with Crippen molar-refractivity contribution in [2.75, 3.05) is 44.7 Å². The van der Waals surface area contributed by atoms with E-state index in [2.05, 4.69) is 15.2 Å². The Morgan fingerprint density at radius 2 is 2.20 bits per heavy atom. The Hall–Kier alpha value is -0.880. The van der Waals surface area contributed by atoms with Crippen LogP contribution in [0.15, 0.2) is 18.2 Å². The normalized spacial score (nSPS) is 16.6. The molecule has 108 valence electrons. The van der Waals surface area contributed by atoms with Gasteiger partial charge in [0.15, 0.2) is 5.13 Å². The average molecular weight is 312 g/mol. The van der Waals surface area contributed by atoms with Gasteiger partial charge in [0.1, 0.15) is 0 Å². The third-order valence-electron chi connectivity index (χ3n) is 3.38. The summed E-state index contributed by atoms with van der Waals surface area (Å²) in [6, 6.07) is 5.81. The molecule has 1 aliphatic heterocycles. The maximum atomic E-state index is 5.98. The molecule has 0 aliphatic carbocycles. The number of ether oxygens (including phenoxy) is 1. The summed E-state index contributed by atoms with van der Waals surface area (Å²) >= 11 is 7.64. The average Bonchev–Trinajstić information content (AvgIpc) is 2.86. The van der Waals surface area contributed by atoms with E-state index in [0.29, 0.717) is 0 Å². The lowest BCUT2D eigenvalue weighted by molar-refractivity contribution is 0.0378. The number of morpholine rings is 1. The van der Waals surface area contributed by atoms with Gasteiger partial charge in [-0.2, -0.15) is 0 Å². The van der Waals surface area contributed by atoms with Crippen LogP contribution in [0.4, 0.5) is 5.13 Å². The third-order valence-corrected chi connectivity index (χ3v) is 4.59. The zero-order valence-electron chi connectivity index (χ0n) is 11.3. The van der Waals surface area contributed by atoms with Crippen molar-refractivity contribution >= 4 is 38.3 Å². The third kappa shape index (κ3) is 3.61. The maximum Gasteiger partial charge on any atom is 0.183 e. The Morgan fingerprint density at radius 3 is 3.05 bits per heavy atom. The number of rotatable bonds is 5. The topological polar surface area (TPSA) is 37.4 Å². The molecule has 4 nitrogen and oxygen atoms in total. The summed E-state index contributed by atoms with van der Waals surface area (Å²) < 4.78 is 6.47. The highest BCUT2D eigenvalue weighted by atomic mass is 35.5. The number of benzene rings is 1. The van der Waals surface area contributed by atoms with E-state index in [9.17, 15) is 0 Å². The van der Waals surface area contributed by atoms with Crippen LogP contribution in [-0.2, 0) is 4.74 Å². The first kappa shape index (κ1) is 14.1. The van der Waals surface area contributed by atoms with Gasteiger partial charge in [-0.05, 0) is 31.2 Å². The smallest absolute Gasteiger partial charge is 0.183 e. The largest absolute Gasteiger partial charge is 0.379 e. The molecule has 1 N–H and O–H groups in total. The van der Waals surface area contributed by atoms with Gasteiger partial charge in [0.25, 0.3) is 0 Å². The molecular weight excluding hydrogens is 294 g/mol. The number of nitrogens with one attached hydrogen (secondary N) is 1. The van der Waals surface area contributed by atoms with Crippen LogP contribution in [0.5, 0.6) is 0 Å². The summed E-state index contributed by atoms with van der Waals surface area (Å²) in [5, 5.41) is 5.14. The molecule has 0 amide bonds. The molecule has 1 aromatic carbocycles. The minimum Gasteiger partial charge on any atom is -0.379 e. The lowest BCUT2D eigenvalue weighted by Crippen LogP contribution is -2.37. The Labute approximate surface area is 127 Å². The number of hydrogen-bond acceptors (Lipinski definition) is 5. The molecule has 1 saturated heterocycles. The highest BCUT2D eigenvalue weighted by Gasteiger charge is 2.09. The Bertz CT molecular complexity index is 569. The standard InChI is InChI=1S/C14H18ClN3OS/c15-11-2-3-12-13(10-11)20-14(17-12)16-4-1-5-18-6-8-19-9-7-18/h2-3,10H,1,4-9H2,(H,16,17). The van der Waals surface area contributed by atoms with Crippen LogP contribution in [0.25, 0.3) is 10.2 Å². The van der Waals surface area contributed by atoms with Gasteiger partial charge in [0, 0.05) is 24.7 Å². The first-order chi connectivity index (χ1) is 9.81. The van der Waals surface area contributed by atoms with Crippen LogP contribution in [0.1, 0.15) is 6.42 Å². The first-order valence-corrected chi connectivity index (χ1v) is 8.11. The molecule has 0 bridgehead atoms. The summed E-state index contributed by atoms with van der Waals surface area (Å²) in [4.78, 5) is 7.00. The van der Waals surface area contributed by atoms with Crippen molar-refractivity contribution < 1.29 is 4.74 Å². The molecule has 0 saturated carbocycles. The number of thiazole rings is 1. The molecule has 1 aromatic heterocycles. The van der Waals surface area contributed by atoms with Crippen LogP contribution < -0.4 is 5.32 Å². The van der Waals surface area contributed by atoms with Crippen LogP contribution >= 0.6 is 22.9 Å². The maximum absolute atomic E-state index is 5.98. The predicted octanol–water partition coefficient (Wildman–Crippen LogP) is 3.08. The summed E-state index contributed by atoms with van der Waals surface area (Å²) in [6.07, 6.45) is 1.12. The van der Waals surface area contributed by atoms with E-state index >= 15 is 0 Å². The van der Waals surface area contributed by atoms with Crippen LogP contribution in [0.3, 0.4) is 0 Å².